The van der Waals surface area contributed by atoms with Crippen LogP contribution in [0.2, 0.25) is 0 Å². The lowest BCUT2D eigenvalue weighted by atomic mass is 10.1. The molecule has 19 heavy (non-hydrogen) atoms. The Hall–Kier alpha value is -1.76. The first kappa shape index (κ1) is 13.7. The van der Waals surface area contributed by atoms with Crippen LogP contribution in [0.3, 0.4) is 0 Å². The second-order valence-electron chi connectivity index (χ2n) is 4.34. The van der Waals surface area contributed by atoms with E-state index in [1.807, 2.05) is 13.8 Å². The van der Waals surface area contributed by atoms with Gasteiger partial charge in [0.2, 0.25) is 0 Å². The molecule has 0 spiro atoms. The molecular weight excluding hydrogens is 312 g/mol. The first-order valence-electron chi connectivity index (χ1n) is 5.73. The molecule has 0 aliphatic rings. The van der Waals surface area contributed by atoms with Crippen molar-refractivity contribution in [2.24, 2.45) is 0 Å². The molecule has 1 atom stereocenters. The fourth-order valence-electron chi connectivity index (χ4n) is 1.94. The second kappa shape index (κ2) is 5.08. The monoisotopic (exact) mass is 324 g/mol. The van der Waals surface area contributed by atoms with Gasteiger partial charge >= 0.3 is 0 Å². The Kier molecular flexibility index (Phi) is 3.66. The minimum atomic E-state index is -0.386. The molecule has 1 aromatic carbocycles. The number of alkyl halides is 1. The minimum absolute atomic E-state index is 0.0839. The molecule has 0 aliphatic carbocycles. The van der Waals surface area contributed by atoms with Gasteiger partial charge in [0.1, 0.15) is 0 Å². The third-order valence-corrected chi connectivity index (χ3v) is 3.42. The van der Waals surface area contributed by atoms with Gasteiger partial charge in [0, 0.05) is 6.07 Å². The van der Waals surface area contributed by atoms with Crippen LogP contribution in [0, 0.1) is 24.0 Å². The van der Waals surface area contributed by atoms with Crippen LogP contribution >= 0.6 is 15.9 Å². The number of rotatable bonds is 3. The number of hydrogen-bond acceptors (Lipinski definition) is 4. The first-order valence-corrected chi connectivity index (χ1v) is 6.64. The molecule has 0 bridgehead atoms. The van der Waals surface area contributed by atoms with Crippen LogP contribution in [0.5, 0.6) is 0 Å². The molecule has 0 saturated heterocycles. The minimum Gasteiger partial charge on any atom is -0.258 e. The SMILES string of the molecule is Cc1ccc([N+](=O)[O-])c(C)c1-n1cc(C(C)Br)nn1. The molecule has 1 unspecified atom stereocenters. The van der Waals surface area contributed by atoms with Crippen LogP contribution in [0.25, 0.3) is 5.69 Å². The van der Waals surface area contributed by atoms with E-state index in [0.29, 0.717) is 11.3 Å². The van der Waals surface area contributed by atoms with Crippen LogP contribution in [-0.2, 0) is 0 Å². The van der Waals surface area contributed by atoms with Crippen LogP contribution in [0.15, 0.2) is 18.3 Å². The Morgan fingerprint density at radius 3 is 2.63 bits per heavy atom. The van der Waals surface area contributed by atoms with E-state index >= 15 is 0 Å². The van der Waals surface area contributed by atoms with Gasteiger partial charge in [-0.05, 0) is 26.3 Å². The standard InChI is InChI=1S/C12H13BrN4O2/c1-7-4-5-11(17(18)19)8(2)12(7)16-6-10(9(3)13)14-15-16/h4-6,9H,1-3H3. The molecule has 1 heterocycles. The summed E-state index contributed by atoms with van der Waals surface area (Å²) in [6.07, 6.45) is 1.78. The Morgan fingerprint density at radius 1 is 1.42 bits per heavy atom. The molecule has 0 aliphatic heterocycles. The van der Waals surface area contributed by atoms with E-state index in [2.05, 4.69) is 26.2 Å². The zero-order valence-corrected chi connectivity index (χ0v) is 12.4. The topological polar surface area (TPSA) is 73.8 Å². The fraction of sp³-hybridized carbons (Fsp3) is 0.333. The molecule has 2 aromatic rings. The van der Waals surface area contributed by atoms with E-state index in [-0.39, 0.29) is 15.4 Å². The number of hydrogen-bond donors (Lipinski definition) is 0. The largest absolute Gasteiger partial charge is 0.274 e. The summed E-state index contributed by atoms with van der Waals surface area (Å²) in [6, 6.07) is 3.23. The Balaban J connectivity index is 2.60. The maximum Gasteiger partial charge on any atom is 0.274 e. The Bertz CT molecular complexity index is 637. The number of benzene rings is 1. The highest BCUT2D eigenvalue weighted by Crippen LogP contribution is 2.28. The Morgan fingerprint density at radius 2 is 2.11 bits per heavy atom. The van der Waals surface area contributed by atoms with Gasteiger partial charge in [0.15, 0.2) is 0 Å². The molecule has 0 radical (unpaired) electrons. The van der Waals surface area contributed by atoms with Gasteiger partial charge in [-0.25, -0.2) is 4.68 Å². The number of aryl methyl sites for hydroxylation is 1. The van der Waals surface area contributed by atoms with E-state index in [1.54, 1.807) is 23.9 Å². The lowest BCUT2D eigenvalue weighted by Gasteiger charge is -2.09. The van der Waals surface area contributed by atoms with Crippen LogP contribution in [0.1, 0.15) is 28.6 Å². The van der Waals surface area contributed by atoms with Gasteiger partial charge in [-0.15, -0.1) is 5.10 Å². The zero-order valence-electron chi connectivity index (χ0n) is 10.8. The third-order valence-electron chi connectivity index (χ3n) is 2.95. The van der Waals surface area contributed by atoms with Gasteiger partial charge in [0.25, 0.3) is 5.69 Å². The highest BCUT2D eigenvalue weighted by molar-refractivity contribution is 9.09. The normalized spacial score (nSPS) is 12.4. The highest BCUT2D eigenvalue weighted by atomic mass is 79.9. The summed E-state index contributed by atoms with van der Waals surface area (Å²) in [5, 5.41) is 19.1. The van der Waals surface area contributed by atoms with E-state index in [4.69, 9.17) is 0 Å². The van der Waals surface area contributed by atoms with Crippen molar-refractivity contribution in [3.8, 4) is 5.69 Å². The van der Waals surface area contributed by atoms with Gasteiger partial charge in [-0.1, -0.05) is 27.2 Å². The smallest absolute Gasteiger partial charge is 0.258 e. The second-order valence-corrected chi connectivity index (χ2v) is 5.71. The Labute approximate surface area is 118 Å². The summed E-state index contributed by atoms with van der Waals surface area (Å²) in [6.45, 7) is 5.56. The quantitative estimate of drug-likeness (QED) is 0.493. The summed E-state index contributed by atoms with van der Waals surface area (Å²) < 4.78 is 1.59. The van der Waals surface area contributed by atoms with Crippen molar-refractivity contribution in [2.75, 3.05) is 0 Å². The predicted octanol–water partition coefficient (Wildman–Crippen LogP) is 3.25. The van der Waals surface area contributed by atoms with Crippen molar-refractivity contribution in [3.05, 3.63) is 45.3 Å². The number of nitrogens with zero attached hydrogens (tertiary/aromatic N) is 4. The molecule has 100 valence electrons. The number of nitro benzene ring substituents is 1. The molecule has 0 saturated carbocycles. The zero-order chi connectivity index (χ0) is 14.2. The molecule has 6 nitrogen and oxygen atoms in total. The van der Waals surface area contributed by atoms with E-state index in [0.717, 1.165) is 11.3 Å². The van der Waals surface area contributed by atoms with Crippen LogP contribution in [-0.4, -0.2) is 19.9 Å². The third kappa shape index (κ3) is 2.51. The number of aromatic nitrogens is 3. The summed E-state index contributed by atoms with van der Waals surface area (Å²) in [5.74, 6) is 0. The summed E-state index contributed by atoms with van der Waals surface area (Å²) in [5.41, 5.74) is 3.08. The predicted molar refractivity (Wildman–Crippen MR) is 74.8 cm³/mol. The molecule has 7 heteroatoms. The molecular formula is C12H13BrN4O2. The molecule has 1 aromatic heterocycles. The van der Waals surface area contributed by atoms with E-state index in [1.165, 1.54) is 6.07 Å². The highest BCUT2D eigenvalue weighted by Gasteiger charge is 2.18. The summed E-state index contributed by atoms with van der Waals surface area (Å²) >= 11 is 3.42. The van der Waals surface area contributed by atoms with E-state index in [9.17, 15) is 10.1 Å². The van der Waals surface area contributed by atoms with Gasteiger partial charge < -0.3 is 0 Å². The number of halogens is 1. The van der Waals surface area contributed by atoms with Crippen LogP contribution < -0.4 is 0 Å². The van der Waals surface area contributed by atoms with Gasteiger partial charge in [0.05, 0.1) is 32.9 Å². The van der Waals surface area contributed by atoms with Crippen molar-refractivity contribution >= 4 is 21.6 Å². The van der Waals surface area contributed by atoms with Crippen molar-refractivity contribution in [1.82, 2.24) is 15.0 Å². The molecule has 0 N–H and O–H groups in total. The maximum absolute atomic E-state index is 11.0. The summed E-state index contributed by atoms with van der Waals surface area (Å²) in [7, 11) is 0. The lowest BCUT2D eigenvalue weighted by Crippen LogP contribution is -2.04. The van der Waals surface area contributed by atoms with Gasteiger partial charge in [-0.2, -0.15) is 0 Å². The average Bonchev–Trinajstić information content (AvgIpc) is 2.78. The maximum atomic E-state index is 11.0. The van der Waals surface area contributed by atoms with Crippen molar-refractivity contribution < 1.29 is 4.92 Å². The van der Waals surface area contributed by atoms with Crippen molar-refractivity contribution in [1.29, 1.82) is 0 Å². The van der Waals surface area contributed by atoms with Crippen molar-refractivity contribution in [3.63, 3.8) is 0 Å². The van der Waals surface area contributed by atoms with Gasteiger partial charge in [-0.3, -0.25) is 10.1 Å². The molecule has 0 amide bonds. The number of nitro groups is 1. The first-order chi connectivity index (χ1) is 8.91. The van der Waals surface area contributed by atoms with Crippen LogP contribution in [0.4, 0.5) is 5.69 Å². The summed E-state index contributed by atoms with van der Waals surface area (Å²) in [4.78, 5) is 10.7. The molecule has 0 fully saturated rings. The van der Waals surface area contributed by atoms with Crippen molar-refractivity contribution in [2.45, 2.75) is 25.6 Å². The average molecular weight is 325 g/mol. The molecule has 2 rings (SSSR count). The fourth-order valence-corrected chi connectivity index (χ4v) is 2.15. The van der Waals surface area contributed by atoms with E-state index < -0.39 is 0 Å². The lowest BCUT2D eigenvalue weighted by molar-refractivity contribution is -0.385.